The minimum atomic E-state index is 0.551. The quantitative estimate of drug-likeness (QED) is 0.726. The Morgan fingerprint density at radius 2 is 2.40 bits per heavy atom. The molecule has 2 aliphatic heterocycles. The van der Waals surface area contributed by atoms with E-state index in [4.69, 9.17) is 4.99 Å². The van der Waals surface area contributed by atoms with Gasteiger partial charge in [0.2, 0.25) is 0 Å². The van der Waals surface area contributed by atoms with Crippen molar-refractivity contribution in [3.05, 3.63) is 11.1 Å². The van der Waals surface area contributed by atoms with Gasteiger partial charge in [0, 0.05) is 12.2 Å². The number of hydrogen-bond donors (Lipinski definition) is 0. The van der Waals surface area contributed by atoms with E-state index in [1.807, 2.05) is 0 Å². The van der Waals surface area contributed by atoms with Crippen molar-refractivity contribution < 1.29 is 0 Å². The maximum Gasteiger partial charge on any atom is 0.168 e. The van der Waals surface area contributed by atoms with Crippen LogP contribution in [0.25, 0.3) is 0 Å². The molecule has 0 aliphatic carbocycles. The van der Waals surface area contributed by atoms with Crippen molar-refractivity contribution in [3.8, 4) is 0 Å². The van der Waals surface area contributed by atoms with Crippen LogP contribution < -0.4 is 0 Å². The summed E-state index contributed by atoms with van der Waals surface area (Å²) >= 11 is 1.80. The maximum absolute atomic E-state index is 4.77. The molecule has 0 saturated heterocycles. The monoisotopic (exact) mass is 224 g/mol. The lowest BCUT2D eigenvalue weighted by atomic mass is 10.1. The predicted octanol–water partition coefficient (Wildman–Crippen LogP) is 3.46. The molecule has 0 aromatic carbocycles. The van der Waals surface area contributed by atoms with Crippen LogP contribution in [0.5, 0.6) is 0 Å². The van der Waals surface area contributed by atoms with E-state index in [-0.39, 0.29) is 0 Å². The second-order valence-corrected chi connectivity index (χ2v) is 5.47. The number of rotatable bonds is 4. The smallest absolute Gasteiger partial charge is 0.168 e. The molecule has 84 valence electrons. The fourth-order valence-corrected chi connectivity index (χ4v) is 3.23. The molecule has 0 bridgehead atoms. The van der Waals surface area contributed by atoms with Crippen LogP contribution in [0.2, 0.25) is 0 Å². The molecule has 3 heteroatoms. The van der Waals surface area contributed by atoms with E-state index < -0.39 is 0 Å². The molecule has 1 unspecified atom stereocenters. The van der Waals surface area contributed by atoms with Gasteiger partial charge in [-0.2, -0.15) is 0 Å². The van der Waals surface area contributed by atoms with Gasteiger partial charge >= 0.3 is 0 Å². The minimum Gasteiger partial charge on any atom is -0.322 e. The first-order valence-corrected chi connectivity index (χ1v) is 6.82. The average molecular weight is 224 g/mol. The van der Waals surface area contributed by atoms with Gasteiger partial charge in [-0.15, -0.1) is 0 Å². The number of nitrogens with zero attached hydrogens (tertiary/aromatic N) is 2. The van der Waals surface area contributed by atoms with Gasteiger partial charge in [-0.25, -0.2) is 0 Å². The summed E-state index contributed by atoms with van der Waals surface area (Å²) in [5, 5.41) is 3.50. The summed E-state index contributed by atoms with van der Waals surface area (Å²) in [5.41, 5.74) is 1.46. The second kappa shape index (κ2) is 4.60. The van der Waals surface area contributed by atoms with Crippen LogP contribution in [-0.4, -0.2) is 22.7 Å². The highest BCUT2D eigenvalue weighted by molar-refractivity contribution is 8.16. The normalized spacial score (nSPS) is 24.5. The zero-order valence-corrected chi connectivity index (χ0v) is 10.7. The van der Waals surface area contributed by atoms with Gasteiger partial charge in [-0.05, 0) is 17.7 Å². The van der Waals surface area contributed by atoms with E-state index in [1.165, 1.54) is 30.1 Å². The molecule has 0 N–H and O–H groups in total. The van der Waals surface area contributed by atoms with Gasteiger partial charge in [-0.1, -0.05) is 45.4 Å². The summed E-state index contributed by atoms with van der Waals surface area (Å²) < 4.78 is 0. The Balaban J connectivity index is 1.95. The zero-order valence-electron chi connectivity index (χ0n) is 9.86. The molecule has 0 spiro atoms. The fraction of sp³-hybridized carbons (Fsp3) is 0.750. The van der Waals surface area contributed by atoms with E-state index in [0.717, 1.165) is 6.54 Å². The van der Waals surface area contributed by atoms with Crippen molar-refractivity contribution in [2.24, 2.45) is 10.9 Å². The predicted molar refractivity (Wildman–Crippen MR) is 68.0 cm³/mol. The third-order valence-electron chi connectivity index (χ3n) is 3.00. The Bertz CT molecular complexity index is 294. The molecule has 2 rings (SSSR count). The van der Waals surface area contributed by atoms with Crippen LogP contribution in [0.4, 0.5) is 0 Å². The topological polar surface area (TPSA) is 15.6 Å². The number of hydrogen-bond acceptors (Lipinski definition) is 3. The van der Waals surface area contributed by atoms with Crippen molar-refractivity contribution in [2.75, 3.05) is 6.54 Å². The number of thioether (sulfide) groups is 1. The molecule has 0 amide bonds. The SMILES string of the molecule is CCCCC1CN2C(C(C)C)=CSC2=N1. The standard InChI is InChI=1S/C12H20N2S/c1-4-5-6-10-7-14-11(9(2)3)8-15-12(14)13-10/h8-10H,4-7H2,1-3H3. The van der Waals surface area contributed by atoms with Crippen molar-refractivity contribution >= 4 is 16.9 Å². The first kappa shape index (κ1) is 11.1. The van der Waals surface area contributed by atoms with E-state index in [0.29, 0.717) is 12.0 Å². The summed E-state index contributed by atoms with van der Waals surface area (Å²) in [7, 11) is 0. The Kier molecular flexibility index (Phi) is 3.39. The summed E-state index contributed by atoms with van der Waals surface area (Å²) in [5.74, 6) is 0.620. The molecular weight excluding hydrogens is 204 g/mol. The fourth-order valence-electron chi connectivity index (χ4n) is 2.09. The molecule has 1 atom stereocenters. The van der Waals surface area contributed by atoms with Gasteiger partial charge in [-0.3, -0.25) is 4.99 Å². The lowest BCUT2D eigenvalue weighted by Gasteiger charge is -2.20. The molecular formula is C12H20N2S. The van der Waals surface area contributed by atoms with Crippen molar-refractivity contribution in [1.29, 1.82) is 0 Å². The number of amidine groups is 1. The Morgan fingerprint density at radius 3 is 3.07 bits per heavy atom. The first-order valence-electron chi connectivity index (χ1n) is 5.94. The summed E-state index contributed by atoms with van der Waals surface area (Å²) in [6.45, 7) is 7.88. The Hall–Kier alpha value is -0.440. The van der Waals surface area contributed by atoms with Crippen LogP contribution in [0, 0.1) is 5.92 Å². The van der Waals surface area contributed by atoms with Crippen LogP contribution in [0.1, 0.15) is 40.0 Å². The second-order valence-electron chi connectivity index (χ2n) is 4.63. The summed E-state index contributed by atoms with van der Waals surface area (Å²) in [6.07, 6.45) is 3.84. The van der Waals surface area contributed by atoms with Crippen molar-refractivity contribution in [3.63, 3.8) is 0 Å². The number of allylic oxidation sites excluding steroid dienone is 1. The molecule has 0 saturated carbocycles. The average Bonchev–Trinajstić information content (AvgIpc) is 2.72. The lowest BCUT2D eigenvalue weighted by molar-refractivity contribution is 0.445. The van der Waals surface area contributed by atoms with Gasteiger partial charge in [0.15, 0.2) is 5.17 Å². The molecule has 0 aromatic rings. The highest BCUT2D eigenvalue weighted by atomic mass is 32.2. The Labute approximate surface area is 96.8 Å². The third kappa shape index (κ3) is 2.22. The highest BCUT2D eigenvalue weighted by Gasteiger charge is 2.32. The third-order valence-corrected chi connectivity index (χ3v) is 3.89. The number of unbranched alkanes of at least 4 members (excludes halogenated alkanes) is 1. The molecule has 0 radical (unpaired) electrons. The van der Waals surface area contributed by atoms with Crippen LogP contribution in [0.15, 0.2) is 16.1 Å². The van der Waals surface area contributed by atoms with E-state index in [9.17, 15) is 0 Å². The largest absolute Gasteiger partial charge is 0.322 e. The highest BCUT2D eigenvalue weighted by Crippen LogP contribution is 2.35. The van der Waals surface area contributed by atoms with Crippen LogP contribution in [-0.2, 0) is 0 Å². The molecule has 15 heavy (non-hydrogen) atoms. The molecule has 2 nitrogen and oxygen atoms in total. The number of aliphatic imine (C=N–C) groups is 1. The summed E-state index contributed by atoms with van der Waals surface area (Å²) in [6, 6.07) is 0.551. The van der Waals surface area contributed by atoms with Crippen LogP contribution >= 0.6 is 11.8 Å². The zero-order chi connectivity index (χ0) is 10.8. The van der Waals surface area contributed by atoms with Crippen molar-refractivity contribution in [2.45, 2.75) is 46.1 Å². The lowest BCUT2D eigenvalue weighted by Crippen LogP contribution is -2.26. The molecule has 0 aromatic heterocycles. The van der Waals surface area contributed by atoms with Gasteiger partial charge in [0.1, 0.15) is 0 Å². The number of fused-ring (bicyclic) bond motifs is 1. The van der Waals surface area contributed by atoms with Crippen molar-refractivity contribution in [1.82, 2.24) is 4.90 Å². The van der Waals surface area contributed by atoms with E-state index in [1.54, 1.807) is 11.8 Å². The summed E-state index contributed by atoms with van der Waals surface area (Å²) in [4.78, 5) is 7.19. The van der Waals surface area contributed by atoms with Gasteiger partial charge < -0.3 is 4.90 Å². The first-order chi connectivity index (χ1) is 7.22. The molecule has 2 aliphatic rings. The van der Waals surface area contributed by atoms with E-state index >= 15 is 0 Å². The van der Waals surface area contributed by atoms with Gasteiger partial charge in [0.25, 0.3) is 0 Å². The minimum absolute atomic E-state index is 0.551. The molecule has 0 fully saturated rings. The van der Waals surface area contributed by atoms with E-state index in [2.05, 4.69) is 31.1 Å². The van der Waals surface area contributed by atoms with Crippen LogP contribution in [0.3, 0.4) is 0 Å². The van der Waals surface area contributed by atoms with Gasteiger partial charge in [0.05, 0.1) is 6.04 Å². The Morgan fingerprint density at radius 1 is 1.60 bits per heavy atom. The molecule has 2 heterocycles. The maximum atomic E-state index is 4.77.